The van der Waals surface area contributed by atoms with Crippen molar-refractivity contribution in [2.45, 2.75) is 29.1 Å². The van der Waals surface area contributed by atoms with Gasteiger partial charge in [0.05, 0.1) is 21.2 Å². The van der Waals surface area contributed by atoms with Crippen LogP contribution in [0.5, 0.6) is 0 Å². The Morgan fingerprint density at radius 2 is 1.50 bits per heavy atom. The molecule has 0 heterocycles. The number of fused-ring (bicyclic) bond motifs is 1. The fourth-order valence-electron chi connectivity index (χ4n) is 3.58. The molecule has 6 nitrogen and oxygen atoms in total. The van der Waals surface area contributed by atoms with E-state index < -0.39 is 20.0 Å². The topological polar surface area (TPSA) is 83.6 Å². The molecule has 1 aliphatic carbocycles. The van der Waals surface area contributed by atoms with Crippen LogP contribution in [0.1, 0.15) is 17.5 Å². The van der Waals surface area contributed by atoms with Gasteiger partial charge in [-0.1, -0.05) is 30.3 Å². The van der Waals surface area contributed by atoms with E-state index in [4.69, 9.17) is 0 Å². The van der Waals surface area contributed by atoms with Crippen molar-refractivity contribution in [3.05, 3.63) is 83.9 Å². The molecule has 1 aliphatic rings. The number of nitrogens with zero attached hydrogens (tertiary/aromatic N) is 1. The van der Waals surface area contributed by atoms with Crippen molar-refractivity contribution in [2.75, 3.05) is 16.1 Å². The Balaban J connectivity index is 1.62. The van der Waals surface area contributed by atoms with Gasteiger partial charge < -0.3 is 0 Å². The summed E-state index contributed by atoms with van der Waals surface area (Å²) in [5, 5.41) is 0. The van der Waals surface area contributed by atoms with Gasteiger partial charge in [0, 0.05) is 7.05 Å². The molecule has 1 N–H and O–H groups in total. The zero-order valence-corrected chi connectivity index (χ0v) is 18.1. The van der Waals surface area contributed by atoms with Gasteiger partial charge in [0.15, 0.2) is 0 Å². The first kappa shape index (κ1) is 20.4. The third-order valence-electron chi connectivity index (χ3n) is 5.24. The van der Waals surface area contributed by atoms with E-state index in [0.29, 0.717) is 5.69 Å². The summed E-state index contributed by atoms with van der Waals surface area (Å²) >= 11 is 0. The van der Waals surface area contributed by atoms with Gasteiger partial charge in [-0.2, -0.15) is 0 Å². The number of anilines is 2. The third kappa shape index (κ3) is 3.93. The van der Waals surface area contributed by atoms with Crippen LogP contribution in [-0.4, -0.2) is 23.9 Å². The summed E-state index contributed by atoms with van der Waals surface area (Å²) in [5.41, 5.74) is 2.95. The molecule has 30 heavy (non-hydrogen) atoms. The maximum atomic E-state index is 13.0. The predicted octanol–water partition coefficient (Wildman–Crippen LogP) is 3.80. The van der Waals surface area contributed by atoms with E-state index in [1.807, 2.05) is 6.07 Å². The Morgan fingerprint density at radius 1 is 0.767 bits per heavy atom. The standard InChI is InChI=1S/C22H22N2O4S2/c1-24(20-10-3-2-4-11-20)30(27,28)22-12-6-9-19(16-22)23-29(25,26)21-14-13-17-7-5-8-18(17)15-21/h2-4,6,9-16,23H,5,7-8H2,1H3. The average Bonchev–Trinajstić information content (AvgIpc) is 3.21. The molecule has 4 rings (SSSR count). The minimum atomic E-state index is -3.84. The zero-order valence-electron chi connectivity index (χ0n) is 16.4. The van der Waals surface area contributed by atoms with Crippen LogP contribution < -0.4 is 9.03 Å². The molecule has 0 saturated carbocycles. The lowest BCUT2D eigenvalue weighted by molar-refractivity contribution is 0.593. The highest BCUT2D eigenvalue weighted by atomic mass is 32.2. The number of aryl methyl sites for hydroxylation is 2. The molecule has 3 aromatic carbocycles. The van der Waals surface area contributed by atoms with Gasteiger partial charge in [0.25, 0.3) is 20.0 Å². The van der Waals surface area contributed by atoms with E-state index in [1.165, 1.54) is 41.2 Å². The molecule has 0 fully saturated rings. The first-order chi connectivity index (χ1) is 14.3. The number of sulfonamides is 2. The van der Waals surface area contributed by atoms with Crippen molar-refractivity contribution in [1.29, 1.82) is 0 Å². The van der Waals surface area contributed by atoms with Gasteiger partial charge in [-0.15, -0.1) is 0 Å². The molecule has 0 spiro atoms. The van der Waals surface area contributed by atoms with Gasteiger partial charge in [-0.25, -0.2) is 16.8 Å². The molecule has 0 radical (unpaired) electrons. The van der Waals surface area contributed by atoms with Gasteiger partial charge in [-0.3, -0.25) is 9.03 Å². The van der Waals surface area contributed by atoms with Gasteiger partial charge in [0.1, 0.15) is 0 Å². The Bertz CT molecular complexity index is 1290. The van der Waals surface area contributed by atoms with Crippen molar-refractivity contribution >= 4 is 31.4 Å². The Kier molecular flexibility index (Phi) is 5.29. The highest BCUT2D eigenvalue weighted by Crippen LogP contribution is 2.27. The number of nitrogens with one attached hydrogen (secondary N) is 1. The molecule has 3 aromatic rings. The molecule has 8 heteroatoms. The molecular weight excluding hydrogens is 420 g/mol. The molecule has 0 bridgehead atoms. The summed E-state index contributed by atoms with van der Waals surface area (Å²) < 4.78 is 55.4. The summed E-state index contributed by atoms with van der Waals surface area (Å²) in [5.74, 6) is 0. The van der Waals surface area contributed by atoms with Gasteiger partial charge >= 0.3 is 0 Å². The van der Waals surface area contributed by atoms with E-state index in [2.05, 4.69) is 4.72 Å². The number of hydrogen-bond acceptors (Lipinski definition) is 4. The lowest BCUT2D eigenvalue weighted by atomic mass is 10.1. The highest BCUT2D eigenvalue weighted by Gasteiger charge is 2.23. The first-order valence-corrected chi connectivity index (χ1v) is 12.5. The third-order valence-corrected chi connectivity index (χ3v) is 8.41. The summed E-state index contributed by atoms with van der Waals surface area (Å²) in [4.78, 5) is 0.181. The lowest BCUT2D eigenvalue weighted by Gasteiger charge is -2.20. The average molecular weight is 443 g/mol. The first-order valence-electron chi connectivity index (χ1n) is 9.56. The number of hydrogen-bond donors (Lipinski definition) is 1. The van der Waals surface area contributed by atoms with Crippen LogP contribution in [0.3, 0.4) is 0 Å². The van der Waals surface area contributed by atoms with E-state index in [9.17, 15) is 16.8 Å². The molecule has 0 saturated heterocycles. The summed E-state index contributed by atoms with van der Waals surface area (Å²) in [7, 11) is -6.21. The van der Waals surface area contributed by atoms with Crippen LogP contribution in [-0.2, 0) is 32.9 Å². The maximum absolute atomic E-state index is 13.0. The largest absolute Gasteiger partial charge is 0.280 e. The van der Waals surface area contributed by atoms with Crippen molar-refractivity contribution in [1.82, 2.24) is 0 Å². The Labute approximate surface area is 177 Å². The minimum Gasteiger partial charge on any atom is -0.280 e. The Hall–Kier alpha value is -2.84. The van der Waals surface area contributed by atoms with E-state index in [-0.39, 0.29) is 15.5 Å². The summed E-state index contributed by atoms with van der Waals surface area (Å²) in [6.45, 7) is 0. The highest BCUT2D eigenvalue weighted by molar-refractivity contribution is 7.93. The van der Waals surface area contributed by atoms with Crippen LogP contribution >= 0.6 is 0 Å². The van der Waals surface area contributed by atoms with E-state index in [1.54, 1.807) is 42.5 Å². The maximum Gasteiger partial charge on any atom is 0.264 e. The van der Waals surface area contributed by atoms with Gasteiger partial charge in [-0.05, 0) is 72.9 Å². The summed E-state index contributed by atoms with van der Waals surface area (Å²) in [6, 6.07) is 19.7. The van der Waals surface area contributed by atoms with E-state index >= 15 is 0 Å². The summed E-state index contributed by atoms with van der Waals surface area (Å²) in [6.07, 6.45) is 2.87. The lowest BCUT2D eigenvalue weighted by Crippen LogP contribution is -2.26. The normalized spacial score (nSPS) is 13.6. The Morgan fingerprint density at radius 3 is 2.27 bits per heavy atom. The number of benzene rings is 3. The van der Waals surface area contributed by atoms with E-state index in [0.717, 1.165) is 24.8 Å². The second kappa shape index (κ2) is 7.77. The monoisotopic (exact) mass is 442 g/mol. The number of rotatable bonds is 6. The van der Waals surface area contributed by atoms with Crippen LogP contribution in [0.15, 0.2) is 82.6 Å². The van der Waals surface area contributed by atoms with Crippen LogP contribution in [0, 0.1) is 0 Å². The fraction of sp³-hybridized carbons (Fsp3) is 0.182. The molecule has 156 valence electrons. The van der Waals surface area contributed by atoms with Crippen molar-refractivity contribution in [3.8, 4) is 0 Å². The predicted molar refractivity (Wildman–Crippen MR) is 118 cm³/mol. The smallest absolute Gasteiger partial charge is 0.264 e. The van der Waals surface area contributed by atoms with Crippen molar-refractivity contribution in [3.63, 3.8) is 0 Å². The molecule has 0 amide bonds. The zero-order chi connectivity index (χ0) is 21.4. The molecule has 0 aliphatic heterocycles. The van der Waals surface area contributed by atoms with Crippen LogP contribution in [0.4, 0.5) is 11.4 Å². The van der Waals surface area contributed by atoms with Crippen LogP contribution in [0.2, 0.25) is 0 Å². The second-order valence-corrected chi connectivity index (χ2v) is 10.9. The molecule has 0 atom stereocenters. The SMILES string of the molecule is CN(c1ccccc1)S(=O)(=O)c1cccc(NS(=O)(=O)c2ccc3c(c2)CCC3)c1. The minimum absolute atomic E-state index is 0.00278. The van der Waals surface area contributed by atoms with Crippen molar-refractivity contribution < 1.29 is 16.8 Å². The molecule has 0 aromatic heterocycles. The number of para-hydroxylation sites is 1. The molecular formula is C22H22N2O4S2. The fourth-order valence-corrected chi connectivity index (χ4v) is 5.93. The second-order valence-electron chi connectivity index (χ2n) is 7.23. The van der Waals surface area contributed by atoms with Gasteiger partial charge in [0.2, 0.25) is 0 Å². The quantitative estimate of drug-likeness (QED) is 0.629. The van der Waals surface area contributed by atoms with Crippen molar-refractivity contribution in [2.24, 2.45) is 0 Å². The van der Waals surface area contributed by atoms with Crippen LogP contribution in [0.25, 0.3) is 0 Å². The molecule has 0 unspecified atom stereocenters.